The molecule has 3 unspecified atom stereocenters. The molecule has 0 bridgehead atoms. The molecule has 0 saturated heterocycles. The van der Waals surface area contributed by atoms with Crippen LogP contribution in [0.2, 0.25) is 0 Å². The Morgan fingerprint density at radius 2 is 1.40 bits per heavy atom. The van der Waals surface area contributed by atoms with Crippen molar-refractivity contribution in [1.29, 1.82) is 0 Å². The van der Waals surface area contributed by atoms with E-state index in [1.165, 1.54) is 94.6 Å². The lowest BCUT2D eigenvalue weighted by Gasteiger charge is -2.53. The van der Waals surface area contributed by atoms with Crippen molar-refractivity contribution in [2.24, 2.45) is 46.8 Å². The van der Waals surface area contributed by atoms with Gasteiger partial charge in [-0.05, 0) is 115 Å². The maximum absolute atomic E-state index is 11.0. The molecule has 2 fully saturated rings. The first kappa shape index (κ1) is 31.9. The van der Waals surface area contributed by atoms with E-state index in [2.05, 4.69) is 53.7 Å². The third kappa shape index (κ3) is 7.87. The Balaban J connectivity index is 1.23. The van der Waals surface area contributed by atoms with Gasteiger partial charge in [0, 0.05) is 0 Å². The Morgan fingerprint density at radius 3 is 2.02 bits per heavy atom. The van der Waals surface area contributed by atoms with Gasteiger partial charge in [-0.1, -0.05) is 112 Å². The lowest BCUT2D eigenvalue weighted by molar-refractivity contribution is -0.0400. The number of phenols is 1. The molecule has 0 radical (unpaired) electrons. The number of benzene rings is 1. The van der Waals surface area contributed by atoms with E-state index >= 15 is 0 Å². The van der Waals surface area contributed by atoms with Crippen molar-refractivity contribution >= 4 is 0 Å². The number of rotatable bonds is 15. The van der Waals surface area contributed by atoms with Crippen LogP contribution in [0.1, 0.15) is 155 Å². The van der Waals surface area contributed by atoms with Crippen LogP contribution >= 0.6 is 0 Å². The molecule has 1 aromatic rings. The summed E-state index contributed by atoms with van der Waals surface area (Å²) in [5.41, 5.74) is 3.03. The van der Waals surface area contributed by atoms with E-state index in [-0.39, 0.29) is 11.5 Å². The van der Waals surface area contributed by atoms with E-state index in [1.54, 1.807) is 0 Å². The largest absolute Gasteiger partial charge is 0.508 e. The standard InChI is InChI=1S/C38H64O2/c1-26(2)10-7-11-27(3)12-8-13-28(4)14-9-15-29(5)16-17-30-24-31-25-32(39)18-19-33(31)34-22-23-38(6)35(37(30)34)20-21-36(38)40/h18-19,25-30,34-37,39-40H,7-17,20-24H2,1-6H3/t27-,28-,29+,30-,34?,35?,36+,37?,38+/m1/s1. The van der Waals surface area contributed by atoms with Crippen molar-refractivity contribution in [3.8, 4) is 5.75 Å². The van der Waals surface area contributed by atoms with Crippen molar-refractivity contribution in [3.05, 3.63) is 29.3 Å². The van der Waals surface area contributed by atoms with E-state index in [0.717, 1.165) is 42.9 Å². The van der Waals surface area contributed by atoms with Gasteiger partial charge in [-0.15, -0.1) is 0 Å². The molecule has 0 aromatic heterocycles. The summed E-state index contributed by atoms with van der Waals surface area (Å²) in [6, 6.07) is 6.20. The minimum atomic E-state index is -0.116. The molecule has 4 rings (SSSR count). The fraction of sp³-hybridized carbons (Fsp3) is 0.842. The first-order chi connectivity index (χ1) is 19.1. The Kier molecular flexibility index (Phi) is 11.5. The Morgan fingerprint density at radius 1 is 0.800 bits per heavy atom. The van der Waals surface area contributed by atoms with Gasteiger partial charge < -0.3 is 10.2 Å². The maximum atomic E-state index is 11.0. The lowest BCUT2D eigenvalue weighted by atomic mass is 9.52. The van der Waals surface area contributed by atoms with Crippen LogP contribution in [-0.2, 0) is 6.42 Å². The highest BCUT2D eigenvalue weighted by Crippen LogP contribution is 2.62. The lowest BCUT2D eigenvalue weighted by Crippen LogP contribution is -2.47. The summed E-state index contributed by atoms with van der Waals surface area (Å²) < 4.78 is 0. The van der Waals surface area contributed by atoms with Gasteiger partial charge in [0.2, 0.25) is 0 Å². The molecule has 40 heavy (non-hydrogen) atoms. The van der Waals surface area contributed by atoms with Gasteiger partial charge in [0.1, 0.15) is 5.75 Å². The molecule has 2 heteroatoms. The summed E-state index contributed by atoms with van der Waals surface area (Å²) in [5, 5.41) is 21.2. The SMILES string of the molecule is CC(C)CCC[C@@H](C)CCC[C@@H](C)CCC[C@H](C)CC[C@@H]1Cc2cc(O)ccc2C2CC[C@@]3(C)C(CC[C@@H]3O)C21. The molecule has 228 valence electrons. The summed E-state index contributed by atoms with van der Waals surface area (Å²) in [4.78, 5) is 0. The van der Waals surface area contributed by atoms with Crippen molar-refractivity contribution in [3.63, 3.8) is 0 Å². The van der Waals surface area contributed by atoms with Crippen LogP contribution in [0.15, 0.2) is 18.2 Å². The molecule has 0 spiro atoms. The number of hydrogen-bond donors (Lipinski definition) is 2. The molecular weight excluding hydrogens is 488 g/mol. The quantitative estimate of drug-likeness (QED) is 0.227. The minimum Gasteiger partial charge on any atom is -0.508 e. The first-order valence-corrected chi connectivity index (χ1v) is 17.6. The number of fused-ring (bicyclic) bond motifs is 5. The van der Waals surface area contributed by atoms with Gasteiger partial charge >= 0.3 is 0 Å². The highest BCUT2D eigenvalue weighted by atomic mass is 16.3. The fourth-order valence-electron chi connectivity index (χ4n) is 9.47. The molecular formula is C38H64O2. The van der Waals surface area contributed by atoms with E-state index in [1.807, 2.05) is 6.07 Å². The van der Waals surface area contributed by atoms with Crippen molar-refractivity contribution in [1.82, 2.24) is 0 Å². The van der Waals surface area contributed by atoms with Gasteiger partial charge in [0.05, 0.1) is 6.10 Å². The Labute approximate surface area is 248 Å². The highest BCUT2D eigenvalue weighted by Gasteiger charge is 2.56. The third-order valence-corrected chi connectivity index (χ3v) is 12.1. The van der Waals surface area contributed by atoms with Crippen LogP contribution in [0.4, 0.5) is 0 Å². The van der Waals surface area contributed by atoms with Crippen LogP contribution in [0, 0.1) is 46.8 Å². The van der Waals surface area contributed by atoms with Crippen LogP contribution in [0.3, 0.4) is 0 Å². The average molecular weight is 553 g/mol. The van der Waals surface area contributed by atoms with Gasteiger partial charge in [-0.2, -0.15) is 0 Å². The van der Waals surface area contributed by atoms with Crippen molar-refractivity contribution in [2.45, 2.75) is 156 Å². The molecule has 2 N–H and O–H groups in total. The molecule has 2 nitrogen and oxygen atoms in total. The van der Waals surface area contributed by atoms with E-state index in [4.69, 9.17) is 0 Å². The monoisotopic (exact) mass is 552 g/mol. The van der Waals surface area contributed by atoms with E-state index in [0.29, 0.717) is 29.4 Å². The molecule has 9 atom stereocenters. The van der Waals surface area contributed by atoms with Crippen molar-refractivity contribution < 1.29 is 10.2 Å². The zero-order valence-corrected chi connectivity index (χ0v) is 27.1. The van der Waals surface area contributed by atoms with E-state index < -0.39 is 0 Å². The predicted molar refractivity (Wildman–Crippen MR) is 171 cm³/mol. The number of aliphatic hydroxyl groups excluding tert-OH is 1. The third-order valence-electron chi connectivity index (χ3n) is 12.1. The topological polar surface area (TPSA) is 40.5 Å². The first-order valence-electron chi connectivity index (χ1n) is 17.6. The van der Waals surface area contributed by atoms with Crippen LogP contribution in [0.25, 0.3) is 0 Å². The molecule has 1 aromatic carbocycles. The molecule has 0 heterocycles. The molecule has 0 aliphatic heterocycles. The second-order valence-corrected chi connectivity index (χ2v) is 15.9. The summed E-state index contributed by atoms with van der Waals surface area (Å²) in [6.45, 7) is 14.5. The van der Waals surface area contributed by atoms with Gasteiger partial charge in [0.15, 0.2) is 0 Å². The number of hydrogen-bond acceptors (Lipinski definition) is 2. The highest BCUT2D eigenvalue weighted by molar-refractivity contribution is 5.40. The summed E-state index contributed by atoms with van der Waals surface area (Å²) in [7, 11) is 0. The van der Waals surface area contributed by atoms with Gasteiger partial charge in [0.25, 0.3) is 0 Å². The maximum Gasteiger partial charge on any atom is 0.115 e. The predicted octanol–water partition coefficient (Wildman–Crippen LogP) is 10.7. The summed E-state index contributed by atoms with van der Waals surface area (Å²) in [6.07, 6.45) is 20.8. The fourth-order valence-corrected chi connectivity index (χ4v) is 9.47. The van der Waals surface area contributed by atoms with Gasteiger partial charge in [-0.3, -0.25) is 0 Å². The number of aromatic hydroxyl groups is 1. The second-order valence-electron chi connectivity index (χ2n) is 15.9. The smallest absolute Gasteiger partial charge is 0.115 e. The molecule has 3 aliphatic rings. The van der Waals surface area contributed by atoms with E-state index in [9.17, 15) is 10.2 Å². The van der Waals surface area contributed by atoms with Gasteiger partial charge in [-0.25, -0.2) is 0 Å². The zero-order chi connectivity index (χ0) is 28.9. The molecule has 0 amide bonds. The van der Waals surface area contributed by atoms with Crippen LogP contribution < -0.4 is 0 Å². The van der Waals surface area contributed by atoms with Crippen LogP contribution in [-0.4, -0.2) is 16.3 Å². The van der Waals surface area contributed by atoms with Crippen molar-refractivity contribution in [2.75, 3.05) is 0 Å². The number of phenolic OH excluding ortho intramolecular Hbond substituents is 1. The minimum absolute atomic E-state index is 0.113. The molecule has 2 saturated carbocycles. The Hall–Kier alpha value is -1.02. The zero-order valence-electron chi connectivity index (χ0n) is 27.1. The van der Waals surface area contributed by atoms with Crippen LogP contribution in [0.5, 0.6) is 5.75 Å². The normalized spacial score (nSPS) is 31.9. The second kappa shape index (κ2) is 14.4. The number of aliphatic hydroxyl groups is 1. The summed E-state index contributed by atoms with van der Waals surface area (Å²) >= 11 is 0. The summed E-state index contributed by atoms with van der Waals surface area (Å²) in [5.74, 6) is 6.50. The molecule has 3 aliphatic carbocycles. The average Bonchev–Trinajstić information content (AvgIpc) is 3.20. The Bertz CT molecular complexity index is 907.